The van der Waals surface area contributed by atoms with Crippen molar-refractivity contribution in [2.24, 2.45) is 0 Å². The van der Waals surface area contributed by atoms with Gasteiger partial charge < -0.3 is 10.3 Å². The Balaban J connectivity index is 2.24. The predicted molar refractivity (Wildman–Crippen MR) is 94.9 cm³/mol. The van der Waals surface area contributed by atoms with Gasteiger partial charge in [0.1, 0.15) is 5.69 Å². The van der Waals surface area contributed by atoms with E-state index in [1.165, 1.54) is 0 Å². The van der Waals surface area contributed by atoms with Crippen molar-refractivity contribution in [3.63, 3.8) is 0 Å². The largest absolute Gasteiger partial charge is 0.367 e. The topological polar surface area (TPSA) is 52.0 Å². The maximum atomic E-state index is 5.98. The van der Waals surface area contributed by atoms with E-state index in [4.69, 9.17) is 10.3 Å². The third kappa shape index (κ3) is 2.93. The van der Waals surface area contributed by atoms with Gasteiger partial charge in [-0.1, -0.05) is 71.1 Å². The van der Waals surface area contributed by atoms with Gasteiger partial charge in [-0.05, 0) is 24.3 Å². The standard InChI is InChI=1S/C15H9Br3N2O/c16-9-5-8(6-10(17)7-9)14-13(15(19)21-20-14)11-3-1-2-4-12(11)18/h1-7H,19H2. The molecule has 0 saturated carbocycles. The van der Waals surface area contributed by atoms with Crippen LogP contribution in [0.15, 0.2) is 60.4 Å². The maximum Gasteiger partial charge on any atom is 0.230 e. The lowest BCUT2D eigenvalue weighted by Crippen LogP contribution is -1.89. The molecule has 3 nitrogen and oxygen atoms in total. The summed E-state index contributed by atoms with van der Waals surface area (Å²) in [6, 6.07) is 13.8. The fourth-order valence-corrected chi connectivity index (χ4v) is 3.89. The third-order valence-corrected chi connectivity index (χ3v) is 4.60. The van der Waals surface area contributed by atoms with Crippen LogP contribution in [0.4, 0.5) is 5.88 Å². The van der Waals surface area contributed by atoms with E-state index in [2.05, 4.69) is 52.9 Å². The molecule has 1 heterocycles. The number of benzene rings is 2. The van der Waals surface area contributed by atoms with Crippen molar-refractivity contribution >= 4 is 53.7 Å². The SMILES string of the molecule is Nc1onc(-c2cc(Br)cc(Br)c2)c1-c1ccccc1Br. The number of nitrogens with zero attached hydrogens (tertiary/aromatic N) is 1. The molecule has 106 valence electrons. The van der Waals surface area contributed by atoms with E-state index in [0.717, 1.165) is 30.1 Å². The zero-order valence-corrected chi connectivity index (χ0v) is 15.4. The molecule has 0 fully saturated rings. The second-order valence-electron chi connectivity index (χ2n) is 4.41. The highest BCUT2D eigenvalue weighted by atomic mass is 79.9. The second kappa shape index (κ2) is 5.94. The molecule has 0 aliphatic heterocycles. The summed E-state index contributed by atoms with van der Waals surface area (Å²) in [6.45, 7) is 0. The molecule has 21 heavy (non-hydrogen) atoms. The van der Waals surface area contributed by atoms with Crippen LogP contribution in [0.5, 0.6) is 0 Å². The first-order valence-electron chi connectivity index (χ1n) is 6.03. The van der Waals surface area contributed by atoms with Crippen molar-refractivity contribution in [1.29, 1.82) is 0 Å². The highest BCUT2D eigenvalue weighted by Crippen LogP contribution is 2.40. The lowest BCUT2D eigenvalue weighted by Gasteiger charge is -2.06. The van der Waals surface area contributed by atoms with Crippen LogP contribution in [-0.4, -0.2) is 5.16 Å². The van der Waals surface area contributed by atoms with Crippen LogP contribution in [0, 0.1) is 0 Å². The lowest BCUT2D eigenvalue weighted by molar-refractivity contribution is 0.439. The van der Waals surface area contributed by atoms with Crippen molar-refractivity contribution < 1.29 is 4.52 Å². The summed E-state index contributed by atoms with van der Waals surface area (Å²) < 4.78 is 8.06. The Bertz CT molecular complexity index is 794. The van der Waals surface area contributed by atoms with E-state index in [-0.39, 0.29) is 0 Å². The molecule has 0 atom stereocenters. The van der Waals surface area contributed by atoms with Crippen molar-refractivity contribution in [2.75, 3.05) is 5.73 Å². The third-order valence-electron chi connectivity index (χ3n) is 3.00. The van der Waals surface area contributed by atoms with Gasteiger partial charge in [0.15, 0.2) is 0 Å². The number of halogens is 3. The summed E-state index contributed by atoms with van der Waals surface area (Å²) in [5, 5.41) is 4.12. The number of aromatic nitrogens is 1. The van der Waals surface area contributed by atoms with Crippen LogP contribution in [0.2, 0.25) is 0 Å². The number of hydrogen-bond donors (Lipinski definition) is 1. The van der Waals surface area contributed by atoms with Crippen LogP contribution in [-0.2, 0) is 0 Å². The Hall–Kier alpha value is -1.11. The van der Waals surface area contributed by atoms with Gasteiger partial charge in [0.05, 0.1) is 5.56 Å². The first-order chi connectivity index (χ1) is 10.1. The zero-order chi connectivity index (χ0) is 15.0. The Morgan fingerprint density at radius 3 is 2.29 bits per heavy atom. The predicted octanol–water partition coefficient (Wildman–Crippen LogP) is 5.88. The molecule has 0 radical (unpaired) electrons. The van der Waals surface area contributed by atoms with Crippen LogP contribution in [0.1, 0.15) is 0 Å². The summed E-state index contributed by atoms with van der Waals surface area (Å²) in [5.41, 5.74) is 9.34. The Morgan fingerprint density at radius 1 is 0.952 bits per heavy atom. The van der Waals surface area contributed by atoms with E-state index >= 15 is 0 Å². The number of nitrogens with two attached hydrogens (primary N) is 1. The van der Waals surface area contributed by atoms with Crippen molar-refractivity contribution in [2.45, 2.75) is 0 Å². The molecule has 2 N–H and O–H groups in total. The minimum absolute atomic E-state index is 0.299. The van der Waals surface area contributed by atoms with Crippen molar-refractivity contribution in [3.05, 3.63) is 55.9 Å². The van der Waals surface area contributed by atoms with Gasteiger partial charge in [-0.2, -0.15) is 0 Å². The molecule has 0 amide bonds. The monoisotopic (exact) mass is 470 g/mol. The second-order valence-corrected chi connectivity index (χ2v) is 7.09. The first-order valence-corrected chi connectivity index (χ1v) is 8.40. The fraction of sp³-hybridized carbons (Fsp3) is 0. The molecule has 3 rings (SSSR count). The van der Waals surface area contributed by atoms with E-state index in [9.17, 15) is 0 Å². The summed E-state index contributed by atoms with van der Waals surface area (Å²) in [5.74, 6) is 0.299. The number of hydrogen-bond acceptors (Lipinski definition) is 3. The molecule has 0 aliphatic carbocycles. The molecule has 0 spiro atoms. The maximum absolute atomic E-state index is 5.98. The smallest absolute Gasteiger partial charge is 0.230 e. The molecule has 1 aromatic heterocycles. The van der Waals surface area contributed by atoms with Gasteiger partial charge in [0.2, 0.25) is 5.88 Å². The molecule has 0 unspecified atom stereocenters. The van der Waals surface area contributed by atoms with Gasteiger partial charge in [-0.25, -0.2) is 0 Å². The van der Waals surface area contributed by atoms with E-state index in [1.807, 2.05) is 42.5 Å². The van der Waals surface area contributed by atoms with Gasteiger partial charge >= 0.3 is 0 Å². The fourth-order valence-electron chi connectivity index (χ4n) is 2.11. The van der Waals surface area contributed by atoms with Gasteiger partial charge in [-0.3, -0.25) is 0 Å². The molecular weight excluding hydrogens is 464 g/mol. The van der Waals surface area contributed by atoms with Crippen molar-refractivity contribution in [1.82, 2.24) is 5.16 Å². The quantitative estimate of drug-likeness (QED) is 0.507. The Labute approximate surface area is 146 Å². The number of nitrogen functional groups attached to an aromatic ring is 1. The van der Waals surface area contributed by atoms with Crippen LogP contribution in [0.25, 0.3) is 22.4 Å². The van der Waals surface area contributed by atoms with E-state index in [1.54, 1.807) is 0 Å². The summed E-state index contributed by atoms with van der Waals surface area (Å²) in [4.78, 5) is 0. The minimum Gasteiger partial charge on any atom is -0.367 e. The normalized spacial score (nSPS) is 10.8. The number of rotatable bonds is 2. The molecule has 2 aromatic carbocycles. The van der Waals surface area contributed by atoms with Gasteiger partial charge in [0.25, 0.3) is 0 Å². The molecule has 0 aliphatic rings. The first kappa shape index (κ1) is 14.8. The highest BCUT2D eigenvalue weighted by molar-refractivity contribution is 9.11. The zero-order valence-electron chi connectivity index (χ0n) is 10.6. The highest BCUT2D eigenvalue weighted by Gasteiger charge is 2.19. The van der Waals surface area contributed by atoms with Crippen LogP contribution in [0.3, 0.4) is 0 Å². The van der Waals surface area contributed by atoms with Crippen LogP contribution >= 0.6 is 47.8 Å². The molecule has 6 heteroatoms. The summed E-state index contributed by atoms with van der Waals surface area (Å²) in [7, 11) is 0. The van der Waals surface area contributed by atoms with Gasteiger partial charge in [0, 0.05) is 24.5 Å². The summed E-state index contributed by atoms with van der Waals surface area (Å²) in [6.07, 6.45) is 0. The van der Waals surface area contributed by atoms with Gasteiger partial charge in [-0.15, -0.1) is 0 Å². The van der Waals surface area contributed by atoms with Crippen LogP contribution < -0.4 is 5.73 Å². The molecule has 0 saturated heterocycles. The Morgan fingerprint density at radius 2 is 1.62 bits per heavy atom. The Kier molecular flexibility index (Phi) is 4.19. The van der Waals surface area contributed by atoms with E-state index in [0.29, 0.717) is 11.6 Å². The van der Waals surface area contributed by atoms with E-state index < -0.39 is 0 Å². The summed E-state index contributed by atoms with van der Waals surface area (Å²) >= 11 is 10.5. The molecule has 0 bridgehead atoms. The lowest BCUT2D eigenvalue weighted by atomic mass is 10.0. The average Bonchev–Trinajstić information content (AvgIpc) is 2.80. The van der Waals surface area contributed by atoms with Crippen molar-refractivity contribution in [3.8, 4) is 22.4 Å². The molecule has 3 aromatic rings. The average molecular weight is 473 g/mol. The molecular formula is C15H9Br3N2O. The number of anilines is 1. The minimum atomic E-state index is 0.299.